The Morgan fingerprint density at radius 3 is 2.70 bits per heavy atom. The van der Waals surface area contributed by atoms with Gasteiger partial charge < -0.3 is 14.5 Å². The van der Waals surface area contributed by atoms with Crippen molar-refractivity contribution in [3.8, 4) is 5.75 Å². The molecule has 0 spiro atoms. The second-order valence-electron chi connectivity index (χ2n) is 6.60. The van der Waals surface area contributed by atoms with Crippen LogP contribution in [0.2, 0.25) is 0 Å². The summed E-state index contributed by atoms with van der Waals surface area (Å²) < 4.78 is 8.19. The van der Waals surface area contributed by atoms with Gasteiger partial charge in [0, 0.05) is 32.7 Å². The predicted octanol–water partition coefficient (Wildman–Crippen LogP) is 2.79. The summed E-state index contributed by atoms with van der Waals surface area (Å²) in [7, 11) is 1.67. The molecule has 27 heavy (non-hydrogen) atoms. The number of anilines is 1. The molecule has 142 valence electrons. The Hall–Kier alpha value is -2.61. The van der Waals surface area contributed by atoms with Crippen LogP contribution in [0.25, 0.3) is 10.2 Å². The van der Waals surface area contributed by atoms with Crippen LogP contribution in [0.15, 0.2) is 24.3 Å². The molecule has 0 unspecified atom stereocenters. The fourth-order valence-electron chi connectivity index (χ4n) is 3.38. The number of hydrogen-bond donors (Lipinski definition) is 0. The lowest BCUT2D eigenvalue weighted by atomic mass is 10.2. The van der Waals surface area contributed by atoms with Crippen molar-refractivity contribution in [2.24, 2.45) is 0 Å². The van der Waals surface area contributed by atoms with E-state index in [2.05, 4.69) is 10.00 Å². The minimum Gasteiger partial charge on any atom is -0.497 e. The number of carbonyl (C=O) groups is 1. The number of rotatable bonds is 4. The molecule has 1 aliphatic heterocycles. The normalized spacial score (nSPS) is 14.8. The van der Waals surface area contributed by atoms with Gasteiger partial charge in [-0.15, -0.1) is 0 Å². The molecule has 0 aliphatic carbocycles. The molecule has 0 atom stereocenters. The van der Waals surface area contributed by atoms with Crippen LogP contribution in [0.5, 0.6) is 5.75 Å². The first-order valence-electron chi connectivity index (χ1n) is 9.12. The van der Waals surface area contributed by atoms with E-state index in [9.17, 15) is 4.79 Å². The van der Waals surface area contributed by atoms with Gasteiger partial charge in [0.25, 0.3) is 5.91 Å². The molecule has 4 rings (SSSR count). The molecule has 0 radical (unpaired) electrons. The predicted molar refractivity (Wildman–Crippen MR) is 107 cm³/mol. The van der Waals surface area contributed by atoms with Crippen molar-refractivity contribution in [3.63, 3.8) is 0 Å². The number of amides is 1. The maximum Gasteiger partial charge on any atom is 0.272 e. The highest BCUT2D eigenvalue weighted by Gasteiger charge is 2.26. The minimum absolute atomic E-state index is 0.0612. The number of piperazine rings is 1. The Balaban J connectivity index is 1.46. The Morgan fingerprint density at radius 2 is 2.00 bits per heavy atom. The van der Waals surface area contributed by atoms with Crippen molar-refractivity contribution in [1.82, 2.24) is 19.7 Å². The average Bonchev–Trinajstić information content (AvgIpc) is 3.29. The molecule has 1 amide bonds. The number of aromatic nitrogens is 3. The number of hydrogen-bond acceptors (Lipinski definition) is 6. The zero-order chi connectivity index (χ0) is 19.0. The number of benzene rings is 1. The summed E-state index contributed by atoms with van der Waals surface area (Å²) in [4.78, 5) is 21.8. The van der Waals surface area contributed by atoms with E-state index in [1.165, 1.54) is 0 Å². The third-order valence-corrected chi connectivity index (χ3v) is 5.92. The van der Waals surface area contributed by atoms with Gasteiger partial charge in [-0.2, -0.15) is 5.10 Å². The van der Waals surface area contributed by atoms with Crippen molar-refractivity contribution in [2.75, 3.05) is 38.2 Å². The number of nitrogens with zero attached hydrogens (tertiary/aromatic N) is 5. The molecule has 0 N–H and O–H groups in total. The van der Waals surface area contributed by atoms with E-state index in [-0.39, 0.29) is 5.91 Å². The van der Waals surface area contributed by atoms with Gasteiger partial charge in [-0.05, 0) is 38.1 Å². The van der Waals surface area contributed by atoms with E-state index < -0.39 is 0 Å². The van der Waals surface area contributed by atoms with E-state index in [0.717, 1.165) is 39.9 Å². The van der Waals surface area contributed by atoms with Crippen LogP contribution in [-0.2, 0) is 6.54 Å². The maximum absolute atomic E-state index is 12.9. The molecule has 7 nitrogen and oxygen atoms in total. The van der Waals surface area contributed by atoms with Gasteiger partial charge in [-0.3, -0.25) is 9.48 Å². The van der Waals surface area contributed by atoms with Crippen LogP contribution in [0, 0.1) is 6.92 Å². The highest BCUT2D eigenvalue weighted by atomic mass is 32.1. The van der Waals surface area contributed by atoms with E-state index in [4.69, 9.17) is 9.72 Å². The summed E-state index contributed by atoms with van der Waals surface area (Å²) in [5.74, 6) is 0.905. The fraction of sp³-hybridized carbons (Fsp3) is 0.421. The summed E-state index contributed by atoms with van der Waals surface area (Å²) in [5, 5.41) is 5.39. The molecule has 0 saturated carbocycles. The Kier molecular flexibility index (Phi) is 4.73. The molecular formula is C19H23N5O2S. The van der Waals surface area contributed by atoms with E-state index in [0.29, 0.717) is 25.3 Å². The highest BCUT2D eigenvalue weighted by Crippen LogP contribution is 2.31. The number of ether oxygens (including phenoxy) is 1. The van der Waals surface area contributed by atoms with Crippen LogP contribution >= 0.6 is 11.3 Å². The summed E-state index contributed by atoms with van der Waals surface area (Å²) >= 11 is 1.67. The van der Waals surface area contributed by atoms with Gasteiger partial charge in [0.1, 0.15) is 11.4 Å². The van der Waals surface area contributed by atoms with Gasteiger partial charge >= 0.3 is 0 Å². The minimum atomic E-state index is 0.0612. The van der Waals surface area contributed by atoms with Gasteiger partial charge in [0.2, 0.25) is 0 Å². The lowest BCUT2D eigenvalue weighted by Crippen LogP contribution is -2.49. The molecule has 1 aliphatic rings. The van der Waals surface area contributed by atoms with Gasteiger partial charge in [0.15, 0.2) is 5.13 Å². The van der Waals surface area contributed by atoms with Crippen LogP contribution < -0.4 is 9.64 Å². The number of aryl methyl sites for hydroxylation is 2. The fourth-order valence-corrected chi connectivity index (χ4v) is 4.42. The van der Waals surface area contributed by atoms with E-state index >= 15 is 0 Å². The van der Waals surface area contributed by atoms with Crippen molar-refractivity contribution in [1.29, 1.82) is 0 Å². The third kappa shape index (κ3) is 3.37. The van der Waals surface area contributed by atoms with Crippen LogP contribution in [0.4, 0.5) is 5.13 Å². The first-order chi connectivity index (χ1) is 13.1. The number of carbonyl (C=O) groups excluding carboxylic acids is 1. The molecule has 3 heterocycles. The highest BCUT2D eigenvalue weighted by molar-refractivity contribution is 7.22. The van der Waals surface area contributed by atoms with Crippen molar-refractivity contribution < 1.29 is 9.53 Å². The molecule has 0 bridgehead atoms. The summed E-state index contributed by atoms with van der Waals surface area (Å²) in [6.45, 7) is 7.55. The van der Waals surface area contributed by atoms with Gasteiger partial charge in [-0.25, -0.2) is 4.98 Å². The monoisotopic (exact) mass is 385 g/mol. The largest absolute Gasteiger partial charge is 0.497 e. The van der Waals surface area contributed by atoms with Crippen LogP contribution in [0.3, 0.4) is 0 Å². The lowest BCUT2D eigenvalue weighted by Gasteiger charge is -2.34. The number of fused-ring (bicyclic) bond motifs is 1. The first kappa shape index (κ1) is 17.8. The zero-order valence-corrected chi connectivity index (χ0v) is 16.6. The molecule has 8 heteroatoms. The smallest absolute Gasteiger partial charge is 0.272 e. The van der Waals surface area contributed by atoms with E-state index in [1.54, 1.807) is 23.1 Å². The summed E-state index contributed by atoms with van der Waals surface area (Å²) in [6.07, 6.45) is 0. The zero-order valence-electron chi connectivity index (χ0n) is 15.8. The molecule has 1 fully saturated rings. The van der Waals surface area contributed by atoms with E-state index in [1.807, 2.05) is 43.0 Å². The Morgan fingerprint density at radius 1 is 1.22 bits per heavy atom. The summed E-state index contributed by atoms with van der Waals surface area (Å²) in [5.41, 5.74) is 2.54. The number of methoxy groups -OCH3 is 1. The maximum atomic E-state index is 12.9. The Labute approximate surface area is 162 Å². The molecule has 2 aromatic heterocycles. The molecule has 3 aromatic rings. The lowest BCUT2D eigenvalue weighted by molar-refractivity contribution is 0.0734. The van der Waals surface area contributed by atoms with Crippen LogP contribution in [0.1, 0.15) is 23.1 Å². The van der Waals surface area contributed by atoms with Crippen molar-refractivity contribution >= 4 is 32.6 Å². The Bertz CT molecular complexity index is 972. The molecular weight excluding hydrogens is 362 g/mol. The van der Waals surface area contributed by atoms with Crippen molar-refractivity contribution in [2.45, 2.75) is 20.4 Å². The molecule has 1 saturated heterocycles. The standard InChI is InChI=1S/C19H23N5O2S/c1-4-24-16(11-13(2)21-24)18(25)22-7-9-23(10-8-22)19-20-15-6-5-14(26-3)12-17(15)27-19/h5-6,11-12H,4,7-10H2,1-3H3. The van der Waals surface area contributed by atoms with Gasteiger partial charge in [0.05, 0.1) is 23.0 Å². The quantitative estimate of drug-likeness (QED) is 0.691. The summed E-state index contributed by atoms with van der Waals surface area (Å²) in [6, 6.07) is 7.81. The second-order valence-corrected chi connectivity index (χ2v) is 7.61. The second kappa shape index (κ2) is 7.19. The first-order valence-corrected chi connectivity index (χ1v) is 9.94. The molecule has 1 aromatic carbocycles. The number of thiazole rings is 1. The van der Waals surface area contributed by atoms with Crippen LogP contribution in [-0.4, -0.2) is 58.9 Å². The third-order valence-electron chi connectivity index (χ3n) is 4.84. The topological polar surface area (TPSA) is 63.5 Å². The van der Waals surface area contributed by atoms with Gasteiger partial charge in [-0.1, -0.05) is 11.3 Å². The average molecular weight is 385 g/mol. The van der Waals surface area contributed by atoms with Crippen molar-refractivity contribution in [3.05, 3.63) is 35.7 Å². The SMILES string of the molecule is CCn1nc(C)cc1C(=O)N1CCN(c2nc3ccc(OC)cc3s2)CC1.